The van der Waals surface area contributed by atoms with Crippen molar-refractivity contribution in [3.8, 4) is 0 Å². The van der Waals surface area contributed by atoms with Crippen LogP contribution in [0.1, 0.15) is 16.7 Å². The van der Waals surface area contributed by atoms with Crippen LogP contribution in [0.5, 0.6) is 0 Å². The molecule has 0 atom stereocenters. The van der Waals surface area contributed by atoms with Crippen LogP contribution in [0.4, 0.5) is 10.6 Å². The molecule has 0 aliphatic carbocycles. The Morgan fingerprint density at radius 1 is 1.33 bits per heavy atom. The first kappa shape index (κ1) is 12.5. The molecule has 0 aromatic carbocycles. The van der Waals surface area contributed by atoms with Crippen LogP contribution in [-0.4, -0.2) is 16.2 Å². The number of thiophene rings is 1. The van der Waals surface area contributed by atoms with E-state index in [2.05, 4.69) is 33.8 Å². The Bertz CT molecular complexity index is 512. The molecule has 0 fully saturated rings. The molecular formula is C12H14N4OS. The van der Waals surface area contributed by atoms with E-state index in [4.69, 9.17) is 0 Å². The second-order valence-corrected chi connectivity index (χ2v) is 4.89. The molecule has 0 spiro atoms. The van der Waals surface area contributed by atoms with Crippen molar-refractivity contribution in [2.75, 3.05) is 5.32 Å². The van der Waals surface area contributed by atoms with Crippen LogP contribution in [0, 0.1) is 0 Å². The maximum atomic E-state index is 11.6. The van der Waals surface area contributed by atoms with E-state index in [1.165, 1.54) is 4.88 Å². The van der Waals surface area contributed by atoms with Gasteiger partial charge in [0, 0.05) is 16.0 Å². The highest BCUT2D eigenvalue weighted by Crippen LogP contribution is 2.16. The molecule has 2 rings (SSSR count). The zero-order valence-electron chi connectivity index (χ0n) is 10.0. The molecule has 0 bridgehead atoms. The van der Waals surface area contributed by atoms with Gasteiger partial charge in [-0.1, -0.05) is 6.92 Å². The van der Waals surface area contributed by atoms with Gasteiger partial charge >= 0.3 is 6.03 Å². The fourth-order valence-electron chi connectivity index (χ4n) is 1.40. The summed E-state index contributed by atoms with van der Waals surface area (Å²) < 4.78 is 0. The van der Waals surface area contributed by atoms with E-state index in [9.17, 15) is 4.79 Å². The van der Waals surface area contributed by atoms with Crippen molar-refractivity contribution >= 4 is 23.2 Å². The van der Waals surface area contributed by atoms with Crippen molar-refractivity contribution in [2.45, 2.75) is 19.9 Å². The number of aryl methyl sites for hydroxylation is 1. The standard InChI is InChI=1S/C12H14N4OS/c1-2-9-5-6-10(18-9)8-13-12(17)15-11-4-3-7-14-16-11/h3-7H,2,8H2,1H3,(H2,13,15,16,17). The molecule has 0 aliphatic rings. The summed E-state index contributed by atoms with van der Waals surface area (Å²) in [6.45, 7) is 2.64. The lowest BCUT2D eigenvalue weighted by molar-refractivity contribution is 0.251. The average molecular weight is 262 g/mol. The zero-order valence-corrected chi connectivity index (χ0v) is 10.8. The molecular weight excluding hydrogens is 248 g/mol. The van der Waals surface area contributed by atoms with E-state index in [1.807, 2.05) is 6.07 Å². The number of carbonyl (C=O) groups excluding carboxylic acids is 1. The third kappa shape index (κ3) is 3.53. The average Bonchev–Trinajstić information content (AvgIpc) is 2.85. The number of nitrogens with zero attached hydrogens (tertiary/aromatic N) is 2. The Hall–Kier alpha value is -1.95. The van der Waals surface area contributed by atoms with Gasteiger partial charge in [0.2, 0.25) is 0 Å². The van der Waals surface area contributed by atoms with Crippen molar-refractivity contribution < 1.29 is 4.79 Å². The summed E-state index contributed by atoms with van der Waals surface area (Å²) in [7, 11) is 0. The molecule has 6 heteroatoms. The van der Waals surface area contributed by atoms with Gasteiger partial charge in [-0.2, -0.15) is 5.10 Å². The largest absolute Gasteiger partial charge is 0.333 e. The van der Waals surface area contributed by atoms with Crippen molar-refractivity contribution in [1.29, 1.82) is 0 Å². The van der Waals surface area contributed by atoms with E-state index in [-0.39, 0.29) is 6.03 Å². The maximum absolute atomic E-state index is 11.6. The van der Waals surface area contributed by atoms with Gasteiger partial charge in [0.1, 0.15) is 0 Å². The normalized spacial score (nSPS) is 10.1. The van der Waals surface area contributed by atoms with Gasteiger partial charge in [-0.3, -0.25) is 5.32 Å². The highest BCUT2D eigenvalue weighted by Gasteiger charge is 2.03. The molecule has 2 aromatic rings. The third-order valence-corrected chi connectivity index (χ3v) is 3.53. The maximum Gasteiger partial charge on any atom is 0.320 e. The predicted molar refractivity (Wildman–Crippen MR) is 71.6 cm³/mol. The van der Waals surface area contributed by atoms with Gasteiger partial charge < -0.3 is 5.32 Å². The Balaban J connectivity index is 1.81. The van der Waals surface area contributed by atoms with Crippen LogP contribution in [0.15, 0.2) is 30.5 Å². The number of carbonyl (C=O) groups is 1. The molecule has 0 unspecified atom stereocenters. The van der Waals surface area contributed by atoms with Gasteiger partial charge in [0.25, 0.3) is 0 Å². The number of rotatable bonds is 4. The minimum Gasteiger partial charge on any atom is -0.333 e. The van der Waals surface area contributed by atoms with E-state index in [0.29, 0.717) is 12.4 Å². The second kappa shape index (κ2) is 6.11. The fourth-order valence-corrected chi connectivity index (χ4v) is 2.30. The number of hydrogen-bond donors (Lipinski definition) is 2. The Morgan fingerprint density at radius 3 is 2.83 bits per heavy atom. The lowest BCUT2D eigenvalue weighted by Gasteiger charge is -2.04. The molecule has 2 N–H and O–H groups in total. The molecule has 5 nitrogen and oxygen atoms in total. The van der Waals surface area contributed by atoms with Crippen LogP contribution in [-0.2, 0) is 13.0 Å². The number of aromatic nitrogens is 2. The van der Waals surface area contributed by atoms with E-state index < -0.39 is 0 Å². The Kier molecular flexibility index (Phi) is 4.25. The lowest BCUT2D eigenvalue weighted by Crippen LogP contribution is -2.28. The van der Waals surface area contributed by atoms with Crippen LogP contribution in [0.25, 0.3) is 0 Å². The van der Waals surface area contributed by atoms with Crippen molar-refractivity contribution in [2.24, 2.45) is 0 Å². The molecule has 2 heterocycles. The second-order valence-electron chi connectivity index (χ2n) is 3.64. The molecule has 0 aliphatic heterocycles. The van der Waals surface area contributed by atoms with Crippen molar-refractivity contribution in [3.63, 3.8) is 0 Å². The van der Waals surface area contributed by atoms with Crippen molar-refractivity contribution in [3.05, 3.63) is 40.2 Å². The molecule has 94 valence electrons. The Morgan fingerprint density at radius 2 is 2.17 bits per heavy atom. The summed E-state index contributed by atoms with van der Waals surface area (Å²) in [4.78, 5) is 14.0. The first-order valence-corrected chi connectivity index (χ1v) is 6.49. The fraction of sp³-hybridized carbons (Fsp3) is 0.250. The Labute approximate surface area is 109 Å². The van der Waals surface area contributed by atoms with Crippen LogP contribution in [0.3, 0.4) is 0 Å². The molecule has 2 aromatic heterocycles. The lowest BCUT2D eigenvalue weighted by atomic mass is 10.4. The molecule has 18 heavy (non-hydrogen) atoms. The topological polar surface area (TPSA) is 66.9 Å². The summed E-state index contributed by atoms with van der Waals surface area (Å²) in [6.07, 6.45) is 2.58. The number of hydrogen-bond acceptors (Lipinski definition) is 4. The number of nitrogens with one attached hydrogen (secondary N) is 2. The van der Waals surface area contributed by atoms with Gasteiger partial charge in [-0.05, 0) is 30.7 Å². The number of anilines is 1. The minimum atomic E-state index is -0.276. The quantitative estimate of drug-likeness (QED) is 0.889. The molecule has 2 amide bonds. The summed E-state index contributed by atoms with van der Waals surface area (Å²) >= 11 is 1.71. The van der Waals surface area contributed by atoms with E-state index in [0.717, 1.165) is 11.3 Å². The van der Waals surface area contributed by atoms with Crippen LogP contribution < -0.4 is 10.6 Å². The van der Waals surface area contributed by atoms with Crippen molar-refractivity contribution in [1.82, 2.24) is 15.5 Å². The monoisotopic (exact) mass is 262 g/mol. The predicted octanol–water partition coefficient (Wildman–Crippen LogP) is 2.42. The van der Waals surface area contributed by atoms with Gasteiger partial charge in [-0.15, -0.1) is 16.4 Å². The molecule has 0 saturated heterocycles. The smallest absolute Gasteiger partial charge is 0.320 e. The highest BCUT2D eigenvalue weighted by atomic mass is 32.1. The van der Waals surface area contributed by atoms with Gasteiger partial charge in [0.05, 0.1) is 6.54 Å². The number of amides is 2. The molecule has 0 radical (unpaired) electrons. The molecule has 0 saturated carbocycles. The third-order valence-electron chi connectivity index (χ3n) is 2.30. The van der Waals surface area contributed by atoms with E-state index in [1.54, 1.807) is 29.7 Å². The first-order chi connectivity index (χ1) is 8.78. The van der Waals surface area contributed by atoms with Crippen LogP contribution in [0.2, 0.25) is 0 Å². The first-order valence-electron chi connectivity index (χ1n) is 5.68. The summed E-state index contributed by atoms with van der Waals surface area (Å²) in [5.74, 6) is 0.440. The highest BCUT2D eigenvalue weighted by molar-refractivity contribution is 7.11. The summed E-state index contributed by atoms with van der Waals surface area (Å²) in [5.41, 5.74) is 0. The van der Waals surface area contributed by atoms with Gasteiger partial charge in [0.15, 0.2) is 5.82 Å². The minimum absolute atomic E-state index is 0.276. The van der Waals surface area contributed by atoms with Gasteiger partial charge in [-0.25, -0.2) is 4.79 Å². The number of urea groups is 1. The van der Waals surface area contributed by atoms with Crippen LogP contribution >= 0.6 is 11.3 Å². The summed E-state index contributed by atoms with van der Waals surface area (Å²) in [6, 6.07) is 7.25. The summed E-state index contributed by atoms with van der Waals surface area (Å²) in [5, 5.41) is 12.8. The zero-order chi connectivity index (χ0) is 12.8. The SMILES string of the molecule is CCc1ccc(CNC(=O)Nc2cccnn2)s1. The van der Waals surface area contributed by atoms with E-state index >= 15 is 0 Å².